The van der Waals surface area contributed by atoms with Crippen LogP contribution >= 0.6 is 0 Å². The topological polar surface area (TPSA) is 29.5 Å². The van der Waals surface area contributed by atoms with Gasteiger partial charge >= 0.3 is 0 Å². The molecule has 0 aromatic rings. The highest BCUT2D eigenvalue weighted by Gasteiger charge is 2.48. The van der Waals surface area contributed by atoms with Gasteiger partial charge in [0.2, 0.25) is 5.91 Å². The summed E-state index contributed by atoms with van der Waals surface area (Å²) >= 11 is 0. The fraction of sp³-hybridized carbons (Fsp3) is 0.944. The zero-order valence-electron chi connectivity index (χ0n) is 14.4. The molecule has 1 amide bonds. The van der Waals surface area contributed by atoms with Crippen molar-refractivity contribution in [3.63, 3.8) is 0 Å². The molecule has 2 fully saturated rings. The summed E-state index contributed by atoms with van der Waals surface area (Å²) in [5.41, 5.74) is 0.288. The van der Waals surface area contributed by atoms with E-state index in [0.717, 1.165) is 5.92 Å². The molecule has 0 aliphatic heterocycles. The molecular weight excluding hydrogens is 262 g/mol. The van der Waals surface area contributed by atoms with E-state index < -0.39 is 0 Å². The molecule has 0 spiro atoms. The van der Waals surface area contributed by atoms with Crippen molar-refractivity contribution < 1.29 is 9.53 Å². The van der Waals surface area contributed by atoms with Crippen LogP contribution in [0.15, 0.2) is 0 Å². The first kappa shape index (κ1) is 16.8. The standard InChI is InChI=1S/C18H33NO2/c1-14-9-8-12-18(2,15-10-6-5-7-11-15)17(14)19(3)16(20)13-21-4/h14-15,17H,5-13H2,1-4H3/t14-,17?,18?/m0/s1. The Hall–Kier alpha value is -0.570. The van der Waals surface area contributed by atoms with Gasteiger partial charge in [0.1, 0.15) is 6.61 Å². The van der Waals surface area contributed by atoms with Crippen molar-refractivity contribution in [1.82, 2.24) is 4.90 Å². The molecule has 2 saturated carbocycles. The van der Waals surface area contributed by atoms with Gasteiger partial charge in [-0.3, -0.25) is 4.79 Å². The summed E-state index contributed by atoms with van der Waals surface area (Å²) < 4.78 is 5.07. The Morgan fingerprint density at radius 3 is 2.48 bits per heavy atom. The van der Waals surface area contributed by atoms with Gasteiger partial charge in [-0.1, -0.05) is 39.5 Å². The molecule has 0 saturated heterocycles. The maximum Gasteiger partial charge on any atom is 0.248 e. The van der Waals surface area contributed by atoms with Crippen molar-refractivity contribution in [2.45, 2.75) is 71.3 Å². The molecule has 0 bridgehead atoms. The van der Waals surface area contributed by atoms with Crippen molar-refractivity contribution in [3.05, 3.63) is 0 Å². The van der Waals surface area contributed by atoms with Gasteiger partial charge in [0.25, 0.3) is 0 Å². The van der Waals surface area contributed by atoms with Gasteiger partial charge < -0.3 is 9.64 Å². The second-order valence-corrected chi connectivity index (χ2v) is 7.59. The number of ether oxygens (including phenoxy) is 1. The Morgan fingerprint density at radius 2 is 1.86 bits per heavy atom. The molecule has 0 heterocycles. The second-order valence-electron chi connectivity index (χ2n) is 7.59. The Kier molecular flexibility index (Phi) is 5.70. The number of carbonyl (C=O) groups excluding carboxylic acids is 1. The second kappa shape index (κ2) is 7.13. The van der Waals surface area contributed by atoms with Crippen LogP contribution in [0.4, 0.5) is 0 Å². The van der Waals surface area contributed by atoms with Gasteiger partial charge in [-0.15, -0.1) is 0 Å². The summed E-state index contributed by atoms with van der Waals surface area (Å²) in [5.74, 6) is 1.52. The summed E-state index contributed by atoms with van der Waals surface area (Å²) in [7, 11) is 3.60. The SMILES string of the molecule is COCC(=O)N(C)C1[C@@H](C)CCCC1(C)C1CCCCC1. The molecule has 2 aliphatic carbocycles. The summed E-state index contributed by atoms with van der Waals surface area (Å²) in [4.78, 5) is 14.4. The summed E-state index contributed by atoms with van der Waals surface area (Å²) in [6.07, 6.45) is 10.7. The zero-order chi connectivity index (χ0) is 15.5. The minimum atomic E-state index is 0.137. The van der Waals surface area contributed by atoms with Crippen molar-refractivity contribution in [2.24, 2.45) is 17.3 Å². The van der Waals surface area contributed by atoms with Crippen molar-refractivity contribution in [3.8, 4) is 0 Å². The van der Waals surface area contributed by atoms with Crippen LogP contribution in [0.2, 0.25) is 0 Å². The lowest BCUT2D eigenvalue weighted by Crippen LogP contribution is -2.56. The first-order valence-corrected chi connectivity index (χ1v) is 8.75. The fourth-order valence-electron chi connectivity index (χ4n) is 5.17. The van der Waals surface area contributed by atoms with Crippen LogP contribution in [-0.2, 0) is 9.53 Å². The molecule has 122 valence electrons. The molecule has 2 rings (SSSR count). The quantitative estimate of drug-likeness (QED) is 0.788. The number of rotatable bonds is 4. The largest absolute Gasteiger partial charge is 0.375 e. The number of carbonyl (C=O) groups is 1. The smallest absolute Gasteiger partial charge is 0.248 e. The lowest BCUT2D eigenvalue weighted by Gasteiger charge is -2.54. The monoisotopic (exact) mass is 295 g/mol. The van der Waals surface area contributed by atoms with Crippen LogP contribution in [0.25, 0.3) is 0 Å². The van der Waals surface area contributed by atoms with Crippen LogP contribution in [0.3, 0.4) is 0 Å². The Bertz CT molecular complexity index is 351. The van der Waals surface area contributed by atoms with Crippen LogP contribution < -0.4 is 0 Å². The molecule has 0 aromatic heterocycles. The first-order chi connectivity index (χ1) is 10.0. The number of hydrogen-bond donors (Lipinski definition) is 0. The normalized spacial score (nSPS) is 34.7. The minimum Gasteiger partial charge on any atom is -0.375 e. The molecule has 2 unspecified atom stereocenters. The maximum atomic E-state index is 12.4. The average Bonchev–Trinajstić information content (AvgIpc) is 2.48. The van der Waals surface area contributed by atoms with Crippen molar-refractivity contribution in [1.29, 1.82) is 0 Å². The van der Waals surface area contributed by atoms with E-state index in [1.165, 1.54) is 51.4 Å². The highest BCUT2D eigenvalue weighted by atomic mass is 16.5. The maximum absolute atomic E-state index is 12.4. The molecule has 0 N–H and O–H groups in total. The minimum absolute atomic E-state index is 0.137. The van der Waals surface area contributed by atoms with E-state index >= 15 is 0 Å². The Balaban J connectivity index is 2.20. The van der Waals surface area contributed by atoms with Crippen LogP contribution in [0.5, 0.6) is 0 Å². The average molecular weight is 295 g/mol. The van der Waals surface area contributed by atoms with Crippen LogP contribution in [-0.4, -0.2) is 37.6 Å². The highest BCUT2D eigenvalue weighted by Crippen LogP contribution is 2.51. The van der Waals surface area contributed by atoms with Crippen molar-refractivity contribution in [2.75, 3.05) is 20.8 Å². The molecule has 21 heavy (non-hydrogen) atoms. The number of amides is 1. The Morgan fingerprint density at radius 1 is 1.19 bits per heavy atom. The lowest BCUT2D eigenvalue weighted by molar-refractivity contribution is -0.144. The van der Waals surface area contributed by atoms with Gasteiger partial charge in [0, 0.05) is 20.2 Å². The van der Waals surface area contributed by atoms with Crippen molar-refractivity contribution >= 4 is 5.91 Å². The van der Waals surface area contributed by atoms with Gasteiger partial charge in [0.15, 0.2) is 0 Å². The van der Waals surface area contributed by atoms with E-state index in [0.29, 0.717) is 12.0 Å². The van der Waals surface area contributed by atoms with E-state index in [9.17, 15) is 4.79 Å². The Labute approximate surface area is 130 Å². The highest BCUT2D eigenvalue weighted by molar-refractivity contribution is 5.77. The number of nitrogens with zero attached hydrogens (tertiary/aromatic N) is 1. The third-order valence-electron chi connectivity index (χ3n) is 6.21. The number of methoxy groups -OCH3 is 1. The molecule has 0 aromatic carbocycles. The number of hydrogen-bond acceptors (Lipinski definition) is 2. The first-order valence-electron chi connectivity index (χ1n) is 8.75. The number of likely N-dealkylation sites (N-methyl/N-ethyl adjacent to an activating group) is 1. The molecule has 2 aliphatic rings. The van der Waals surface area contributed by atoms with Gasteiger partial charge in [-0.2, -0.15) is 0 Å². The van der Waals surface area contributed by atoms with Gasteiger partial charge in [-0.25, -0.2) is 0 Å². The predicted molar refractivity (Wildman–Crippen MR) is 86.1 cm³/mol. The van der Waals surface area contributed by atoms with E-state index in [2.05, 4.69) is 13.8 Å². The summed E-state index contributed by atoms with van der Waals surface area (Å²) in [6, 6.07) is 0.372. The third-order valence-corrected chi connectivity index (χ3v) is 6.21. The van der Waals surface area contributed by atoms with E-state index in [1.54, 1.807) is 7.11 Å². The molecule has 3 heteroatoms. The van der Waals surface area contributed by atoms with E-state index in [4.69, 9.17) is 4.74 Å². The van der Waals surface area contributed by atoms with Crippen LogP contribution in [0, 0.1) is 17.3 Å². The third kappa shape index (κ3) is 3.44. The van der Waals surface area contributed by atoms with E-state index in [-0.39, 0.29) is 17.9 Å². The molecular formula is C18H33NO2. The van der Waals surface area contributed by atoms with Crippen LogP contribution in [0.1, 0.15) is 65.2 Å². The summed E-state index contributed by atoms with van der Waals surface area (Å²) in [5, 5.41) is 0. The summed E-state index contributed by atoms with van der Waals surface area (Å²) in [6.45, 7) is 5.00. The predicted octanol–water partition coefficient (Wildman–Crippen LogP) is 3.87. The lowest BCUT2D eigenvalue weighted by atomic mass is 9.57. The molecule has 3 atom stereocenters. The zero-order valence-corrected chi connectivity index (χ0v) is 14.4. The fourth-order valence-corrected chi connectivity index (χ4v) is 5.17. The molecule has 0 radical (unpaired) electrons. The van der Waals surface area contributed by atoms with Gasteiger partial charge in [0.05, 0.1) is 0 Å². The van der Waals surface area contributed by atoms with Gasteiger partial charge in [-0.05, 0) is 42.9 Å². The van der Waals surface area contributed by atoms with E-state index in [1.807, 2.05) is 11.9 Å². The molecule has 3 nitrogen and oxygen atoms in total.